The Hall–Kier alpha value is -1.46. The summed E-state index contributed by atoms with van der Waals surface area (Å²) in [4.78, 5) is 8.45. The summed E-state index contributed by atoms with van der Waals surface area (Å²) < 4.78 is 0.982. The Morgan fingerprint density at radius 3 is 2.75 bits per heavy atom. The second-order valence-electron chi connectivity index (χ2n) is 3.32. The van der Waals surface area contributed by atoms with Gasteiger partial charge in [0.1, 0.15) is 5.82 Å². The average Bonchev–Trinajstić information content (AvgIpc) is 2.29. The summed E-state index contributed by atoms with van der Waals surface area (Å²) in [5.41, 5.74) is 12.9. The van der Waals surface area contributed by atoms with Crippen LogP contribution in [0.25, 0.3) is 11.4 Å². The molecule has 0 spiro atoms. The quantitative estimate of drug-likeness (QED) is 0.880. The molecule has 0 saturated carbocycles. The van der Waals surface area contributed by atoms with Gasteiger partial charge >= 0.3 is 0 Å². The van der Waals surface area contributed by atoms with E-state index in [2.05, 4.69) is 25.9 Å². The molecule has 0 unspecified atom stereocenters. The maximum atomic E-state index is 5.76. The first kappa shape index (κ1) is 11.0. The molecule has 0 amide bonds. The van der Waals surface area contributed by atoms with Crippen LogP contribution < -0.4 is 11.5 Å². The molecule has 0 aliphatic carbocycles. The number of hydrogen-bond donors (Lipinski definition) is 2. The Kier molecular flexibility index (Phi) is 3.17. The van der Waals surface area contributed by atoms with Crippen molar-refractivity contribution in [2.45, 2.75) is 6.54 Å². The van der Waals surface area contributed by atoms with Gasteiger partial charge in [-0.3, -0.25) is 0 Å². The summed E-state index contributed by atoms with van der Waals surface area (Å²) in [6.45, 7) is 0.352. The standard InChI is InChI=1S/C11H11BrN4/c12-9-3-1-2-7(4-9)11-15-6-8(5-13)10(14)16-11/h1-4,6H,5,13H2,(H2,14,15,16). The van der Waals surface area contributed by atoms with E-state index in [4.69, 9.17) is 11.5 Å². The van der Waals surface area contributed by atoms with Crippen LogP contribution in [-0.4, -0.2) is 9.97 Å². The lowest BCUT2D eigenvalue weighted by Crippen LogP contribution is -2.05. The first-order chi connectivity index (χ1) is 7.70. The fourth-order valence-electron chi connectivity index (χ4n) is 1.34. The summed E-state index contributed by atoms with van der Waals surface area (Å²) in [5, 5.41) is 0. The van der Waals surface area contributed by atoms with Crippen molar-refractivity contribution in [3.63, 3.8) is 0 Å². The molecule has 0 fully saturated rings. The topological polar surface area (TPSA) is 77.8 Å². The molecule has 0 aliphatic rings. The van der Waals surface area contributed by atoms with Crippen LogP contribution >= 0.6 is 15.9 Å². The number of nitrogen functional groups attached to an aromatic ring is 1. The van der Waals surface area contributed by atoms with Gasteiger partial charge in [0, 0.05) is 28.3 Å². The van der Waals surface area contributed by atoms with E-state index in [1.807, 2.05) is 24.3 Å². The van der Waals surface area contributed by atoms with Gasteiger partial charge in [0.05, 0.1) is 0 Å². The van der Waals surface area contributed by atoms with Crippen molar-refractivity contribution in [1.29, 1.82) is 0 Å². The zero-order valence-electron chi connectivity index (χ0n) is 8.52. The minimum Gasteiger partial charge on any atom is -0.383 e. The monoisotopic (exact) mass is 278 g/mol. The van der Waals surface area contributed by atoms with Gasteiger partial charge in [-0.1, -0.05) is 28.1 Å². The van der Waals surface area contributed by atoms with Gasteiger partial charge in [-0.15, -0.1) is 0 Å². The second-order valence-corrected chi connectivity index (χ2v) is 4.23. The van der Waals surface area contributed by atoms with Crippen LogP contribution in [0.2, 0.25) is 0 Å². The molecule has 82 valence electrons. The molecular formula is C11H11BrN4. The SMILES string of the molecule is NCc1cnc(-c2cccc(Br)c2)nc1N. The van der Waals surface area contributed by atoms with Crippen molar-refractivity contribution in [2.24, 2.45) is 5.73 Å². The van der Waals surface area contributed by atoms with Crippen LogP contribution in [0.5, 0.6) is 0 Å². The maximum absolute atomic E-state index is 5.76. The smallest absolute Gasteiger partial charge is 0.161 e. The highest BCUT2D eigenvalue weighted by Gasteiger charge is 2.05. The van der Waals surface area contributed by atoms with Crippen molar-refractivity contribution < 1.29 is 0 Å². The Labute approximate surface area is 102 Å². The van der Waals surface area contributed by atoms with Crippen LogP contribution in [0.15, 0.2) is 34.9 Å². The molecule has 4 nitrogen and oxygen atoms in total. The zero-order chi connectivity index (χ0) is 11.5. The largest absolute Gasteiger partial charge is 0.383 e. The lowest BCUT2D eigenvalue weighted by molar-refractivity contribution is 1.02. The van der Waals surface area contributed by atoms with E-state index in [1.165, 1.54) is 0 Å². The van der Waals surface area contributed by atoms with E-state index in [0.717, 1.165) is 15.6 Å². The predicted octanol–water partition coefficient (Wildman–Crippen LogP) is 1.95. The number of halogens is 1. The van der Waals surface area contributed by atoms with Crippen LogP contribution in [0.3, 0.4) is 0 Å². The molecule has 0 saturated heterocycles. The summed E-state index contributed by atoms with van der Waals surface area (Å²) in [6, 6.07) is 7.75. The Morgan fingerprint density at radius 2 is 2.12 bits per heavy atom. The molecule has 0 bridgehead atoms. The number of hydrogen-bond acceptors (Lipinski definition) is 4. The van der Waals surface area contributed by atoms with Gasteiger partial charge in [-0.25, -0.2) is 9.97 Å². The van der Waals surface area contributed by atoms with E-state index in [9.17, 15) is 0 Å². The number of aromatic nitrogens is 2. The molecule has 1 aromatic heterocycles. The van der Waals surface area contributed by atoms with E-state index in [-0.39, 0.29) is 0 Å². The molecule has 2 rings (SSSR count). The first-order valence-corrected chi connectivity index (χ1v) is 5.57. The number of nitrogens with zero attached hydrogens (tertiary/aromatic N) is 2. The van der Waals surface area contributed by atoms with Gasteiger partial charge in [0.2, 0.25) is 0 Å². The summed E-state index contributed by atoms with van der Waals surface area (Å²) in [7, 11) is 0. The molecule has 4 N–H and O–H groups in total. The molecule has 16 heavy (non-hydrogen) atoms. The van der Waals surface area contributed by atoms with Gasteiger partial charge in [-0.05, 0) is 12.1 Å². The molecule has 0 atom stereocenters. The van der Waals surface area contributed by atoms with Crippen molar-refractivity contribution in [2.75, 3.05) is 5.73 Å². The molecule has 2 aromatic rings. The fraction of sp³-hybridized carbons (Fsp3) is 0.0909. The van der Waals surface area contributed by atoms with Crippen LogP contribution in [0.1, 0.15) is 5.56 Å². The molecule has 5 heteroatoms. The average molecular weight is 279 g/mol. The van der Waals surface area contributed by atoms with E-state index < -0.39 is 0 Å². The Balaban J connectivity index is 2.45. The van der Waals surface area contributed by atoms with Crippen molar-refractivity contribution in [3.8, 4) is 11.4 Å². The zero-order valence-corrected chi connectivity index (χ0v) is 10.1. The molecule has 0 aliphatic heterocycles. The number of benzene rings is 1. The normalized spacial score (nSPS) is 10.4. The third-order valence-electron chi connectivity index (χ3n) is 2.20. The third kappa shape index (κ3) is 2.20. The number of nitrogens with two attached hydrogens (primary N) is 2. The van der Waals surface area contributed by atoms with Crippen LogP contribution in [0, 0.1) is 0 Å². The number of rotatable bonds is 2. The summed E-state index contributed by atoms with van der Waals surface area (Å²) in [5.74, 6) is 1.04. The van der Waals surface area contributed by atoms with Gasteiger partial charge < -0.3 is 11.5 Å². The minimum atomic E-state index is 0.352. The van der Waals surface area contributed by atoms with E-state index >= 15 is 0 Å². The highest BCUT2D eigenvalue weighted by atomic mass is 79.9. The summed E-state index contributed by atoms with van der Waals surface area (Å²) >= 11 is 3.40. The first-order valence-electron chi connectivity index (χ1n) is 4.78. The maximum Gasteiger partial charge on any atom is 0.161 e. The Morgan fingerprint density at radius 1 is 1.31 bits per heavy atom. The number of anilines is 1. The van der Waals surface area contributed by atoms with Gasteiger partial charge in [0.15, 0.2) is 5.82 Å². The lowest BCUT2D eigenvalue weighted by Gasteiger charge is -2.04. The predicted molar refractivity (Wildman–Crippen MR) is 67.5 cm³/mol. The van der Waals surface area contributed by atoms with E-state index in [0.29, 0.717) is 18.2 Å². The van der Waals surface area contributed by atoms with E-state index in [1.54, 1.807) is 6.20 Å². The lowest BCUT2D eigenvalue weighted by atomic mass is 10.2. The minimum absolute atomic E-state index is 0.352. The molecule has 1 aromatic carbocycles. The molecule has 1 heterocycles. The fourth-order valence-corrected chi connectivity index (χ4v) is 1.74. The summed E-state index contributed by atoms with van der Waals surface area (Å²) in [6.07, 6.45) is 1.67. The van der Waals surface area contributed by atoms with Crippen molar-refractivity contribution in [3.05, 3.63) is 40.5 Å². The Bertz CT molecular complexity index is 513. The second kappa shape index (κ2) is 4.59. The van der Waals surface area contributed by atoms with Crippen molar-refractivity contribution >= 4 is 21.7 Å². The van der Waals surface area contributed by atoms with Crippen LogP contribution in [0.4, 0.5) is 5.82 Å². The molecule has 0 radical (unpaired) electrons. The third-order valence-corrected chi connectivity index (χ3v) is 2.69. The van der Waals surface area contributed by atoms with Gasteiger partial charge in [-0.2, -0.15) is 0 Å². The molecular weight excluding hydrogens is 268 g/mol. The highest BCUT2D eigenvalue weighted by molar-refractivity contribution is 9.10. The van der Waals surface area contributed by atoms with Crippen molar-refractivity contribution in [1.82, 2.24) is 9.97 Å². The van der Waals surface area contributed by atoms with Crippen LogP contribution in [-0.2, 0) is 6.54 Å². The highest BCUT2D eigenvalue weighted by Crippen LogP contribution is 2.21. The van der Waals surface area contributed by atoms with Gasteiger partial charge in [0.25, 0.3) is 0 Å².